The topological polar surface area (TPSA) is 71.2 Å². The minimum atomic E-state index is -0.441. The van der Waals surface area contributed by atoms with Crippen molar-refractivity contribution in [3.05, 3.63) is 65.9 Å². The van der Waals surface area contributed by atoms with Gasteiger partial charge in [0.15, 0.2) is 0 Å². The number of para-hydroxylation sites is 1. The molecule has 5 heteroatoms. The van der Waals surface area contributed by atoms with E-state index >= 15 is 0 Å². The van der Waals surface area contributed by atoms with Gasteiger partial charge in [0.2, 0.25) is 5.91 Å². The van der Waals surface area contributed by atoms with Crippen LogP contribution in [-0.4, -0.2) is 23.9 Å². The van der Waals surface area contributed by atoms with Crippen molar-refractivity contribution < 1.29 is 14.3 Å². The van der Waals surface area contributed by atoms with Crippen LogP contribution in [0.15, 0.2) is 54.7 Å². The molecule has 0 aliphatic heterocycles. The highest BCUT2D eigenvalue weighted by Gasteiger charge is 2.21. The third kappa shape index (κ3) is 3.01. The van der Waals surface area contributed by atoms with Crippen LogP contribution < -0.4 is 10.1 Å². The number of H-pyrrole nitrogens is 1. The molecule has 24 heavy (non-hydrogen) atoms. The molecule has 0 fully saturated rings. The first-order valence-electron chi connectivity index (χ1n) is 7.65. The number of methoxy groups -OCH3 is 1. The van der Waals surface area contributed by atoms with E-state index in [4.69, 9.17) is 4.74 Å². The predicted molar refractivity (Wildman–Crippen MR) is 92.2 cm³/mol. The zero-order valence-electron chi connectivity index (χ0n) is 13.5. The predicted octanol–water partition coefficient (Wildman–Crippen LogP) is 3.24. The van der Waals surface area contributed by atoms with Gasteiger partial charge in [-0.15, -0.1) is 0 Å². The number of hydrogen-bond donors (Lipinski definition) is 2. The monoisotopic (exact) mass is 322 g/mol. The zero-order valence-corrected chi connectivity index (χ0v) is 13.5. The number of aromatic nitrogens is 1. The summed E-state index contributed by atoms with van der Waals surface area (Å²) in [6.45, 7) is 1.78. The lowest BCUT2D eigenvalue weighted by atomic mass is 9.99. The average Bonchev–Trinajstić information content (AvgIpc) is 3.05. The standard InChI is InChI=1S/C19H18N2O3/c1-12(16-11-20-17-6-4-3-5-15(16)17)18(22)21-19(23)13-7-9-14(24-2)10-8-13/h3-12,20H,1-2H3,(H,21,22,23)/t12-/m0/s1. The van der Waals surface area contributed by atoms with Gasteiger partial charge in [0.25, 0.3) is 5.91 Å². The summed E-state index contributed by atoms with van der Waals surface area (Å²) in [6.07, 6.45) is 1.81. The third-order valence-corrected chi connectivity index (χ3v) is 4.07. The summed E-state index contributed by atoms with van der Waals surface area (Å²) in [7, 11) is 1.56. The van der Waals surface area contributed by atoms with Gasteiger partial charge in [-0.3, -0.25) is 14.9 Å². The maximum atomic E-state index is 12.4. The van der Waals surface area contributed by atoms with Gasteiger partial charge in [0.05, 0.1) is 13.0 Å². The molecule has 2 aromatic carbocycles. The normalized spacial score (nSPS) is 11.9. The van der Waals surface area contributed by atoms with Crippen LogP contribution >= 0.6 is 0 Å². The lowest BCUT2D eigenvalue weighted by molar-refractivity contribution is -0.121. The van der Waals surface area contributed by atoms with Gasteiger partial charge >= 0.3 is 0 Å². The van der Waals surface area contributed by atoms with Crippen LogP contribution in [0.2, 0.25) is 0 Å². The number of amides is 2. The lowest BCUT2D eigenvalue weighted by Crippen LogP contribution is -2.33. The molecule has 0 aliphatic rings. The van der Waals surface area contributed by atoms with E-state index in [1.54, 1.807) is 38.3 Å². The van der Waals surface area contributed by atoms with Gasteiger partial charge in [0.1, 0.15) is 5.75 Å². The summed E-state index contributed by atoms with van der Waals surface area (Å²) >= 11 is 0. The smallest absolute Gasteiger partial charge is 0.257 e. The van der Waals surface area contributed by atoms with E-state index in [0.29, 0.717) is 11.3 Å². The number of aromatic amines is 1. The molecule has 0 saturated carbocycles. The number of rotatable bonds is 4. The number of nitrogens with one attached hydrogen (secondary N) is 2. The van der Waals surface area contributed by atoms with E-state index in [1.165, 1.54) is 0 Å². The fourth-order valence-corrected chi connectivity index (χ4v) is 2.63. The van der Waals surface area contributed by atoms with Crippen molar-refractivity contribution in [2.45, 2.75) is 12.8 Å². The lowest BCUT2D eigenvalue weighted by Gasteiger charge is -2.11. The molecular weight excluding hydrogens is 304 g/mol. The zero-order chi connectivity index (χ0) is 17.1. The summed E-state index contributed by atoms with van der Waals surface area (Å²) in [5.74, 6) is -0.539. The van der Waals surface area contributed by atoms with Crippen LogP contribution in [0.25, 0.3) is 10.9 Å². The Bertz CT molecular complexity index is 881. The molecule has 0 aliphatic carbocycles. The molecule has 0 spiro atoms. The molecule has 3 rings (SSSR count). The fourth-order valence-electron chi connectivity index (χ4n) is 2.63. The second-order valence-electron chi connectivity index (χ2n) is 5.56. The first kappa shape index (κ1) is 15.8. The van der Waals surface area contributed by atoms with E-state index in [0.717, 1.165) is 16.5 Å². The van der Waals surface area contributed by atoms with E-state index in [-0.39, 0.29) is 5.91 Å². The number of carbonyl (C=O) groups is 2. The molecule has 2 amide bonds. The molecule has 0 unspecified atom stereocenters. The van der Waals surface area contributed by atoms with Gasteiger partial charge in [-0.05, 0) is 42.8 Å². The summed E-state index contributed by atoms with van der Waals surface area (Å²) in [6, 6.07) is 14.4. The Balaban J connectivity index is 1.74. The molecule has 0 bridgehead atoms. The number of fused-ring (bicyclic) bond motifs is 1. The second-order valence-corrected chi connectivity index (χ2v) is 5.56. The highest BCUT2D eigenvalue weighted by atomic mass is 16.5. The maximum Gasteiger partial charge on any atom is 0.257 e. The van der Waals surface area contributed by atoms with Crippen molar-refractivity contribution in [1.29, 1.82) is 0 Å². The van der Waals surface area contributed by atoms with Gasteiger partial charge in [0, 0.05) is 22.7 Å². The van der Waals surface area contributed by atoms with Crippen LogP contribution in [0, 0.1) is 0 Å². The quantitative estimate of drug-likeness (QED) is 0.774. The van der Waals surface area contributed by atoms with Crippen molar-refractivity contribution >= 4 is 22.7 Å². The second kappa shape index (κ2) is 6.58. The molecule has 1 aromatic heterocycles. The minimum Gasteiger partial charge on any atom is -0.497 e. The SMILES string of the molecule is COc1ccc(C(=O)NC(=O)[C@@H](C)c2c[nH]c3ccccc23)cc1. The maximum absolute atomic E-state index is 12.4. The molecular formula is C19H18N2O3. The van der Waals surface area contributed by atoms with E-state index in [1.807, 2.05) is 30.5 Å². The Morgan fingerprint density at radius 1 is 1.08 bits per heavy atom. The Kier molecular flexibility index (Phi) is 4.33. The highest BCUT2D eigenvalue weighted by molar-refractivity contribution is 6.07. The Morgan fingerprint density at radius 3 is 2.50 bits per heavy atom. The van der Waals surface area contributed by atoms with E-state index in [2.05, 4.69) is 10.3 Å². The molecule has 0 saturated heterocycles. The van der Waals surface area contributed by atoms with Crippen molar-refractivity contribution in [2.24, 2.45) is 0 Å². The number of carbonyl (C=O) groups excluding carboxylic acids is 2. The highest BCUT2D eigenvalue weighted by Crippen LogP contribution is 2.25. The van der Waals surface area contributed by atoms with Crippen LogP contribution in [0.1, 0.15) is 28.8 Å². The molecule has 122 valence electrons. The number of ether oxygens (including phenoxy) is 1. The molecule has 2 N–H and O–H groups in total. The van der Waals surface area contributed by atoms with Gasteiger partial charge in [-0.2, -0.15) is 0 Å². The summed E-state index contributed by atoms with van der Waals surface area (Å²) < 4.78 is 5.06. The molecule has 3 aromatic rings. The van der Waals surface area contributed by atoms with E-state index in [9.17, 15) is 9.59 Å². The summed E-state index contributed by atoms with van der Waals surface area (Å²) in [5, 5.41) is 3.44. The first-order chi connectivity index (χ1) is 11.6. The van der Waals surface area contributed by atoms with Gasteiger partial charge in [-0.25, -0.2) is 0 Å². The van der Waals surface area contributed by atoms with Gasteiger partial charge in [-0.1, -0.05) is 18.2 Å². The third-order valence-electron chi connectivity index (χ3n) is 4.07. The summed E-state index contributed by atoms with van der Waals surface area (Å²) in [4.78, 5) is 27.8. The van der Waals surface area contributed by atoms with Crippen molar-refractivity contribution in [3.63, 3.8) is 0 Å². The number of imide groups is 1. The summed E-state index contributed by atoms with van der Waals surface area (Å²) in [5.41, 5.74) is 2.24. The average molecular weight is 322 g/mol. The van der Waals surface area contributed by atoms with E-state index < -0.39 is 11.8 Å². The Morgan fingerprint density at radius 2 is 1.79 bits per heavy atom. The van der Waals surface area contributed by atoms with Crippen LogP contribution in [0.3, 0.4) is 0 Å². The molecule has 1 heterocycles. The number of hydrogen-bond acceptors (Lipinski definition) is 3. The Labute approximate surface area is 139 Å². The molecule has 0 radical (unpaired) electrons. The van der Waals surface area contributed by atoms with Crippen LogP contribution in [0.4, 0.5) is 0 Å². The van der Waals surface area contributed by atoms with Crippen LogP contribution in [-0.2, 0) is 4.79 Å². The largest absolute Gasteiger partial charge is 0.497 e. The fraction of sp³-hybridized carbons (Fsp3) is 0.158. The Hall–Kier alpha value is -3.08. The molecule has 1 atom stereocenters. The van der Waals surface area contributed by atoms with Crippen molar-refractivity contribution in [2.75, 3.05) is 7.11 Å². The van der Waals surface area contributed by atoms with Gasteiger partial charge < -0.3 is 9.72 Å². The molecule has 5 nitrogen and oxygen atoms in total. The van der Waals surface area contributed by atoms with Crippen molar-refractivity contribution in [1.82, 2.24) is 10.3 Å². The minimum absolute atomic E-state index is 0.333. The first-order valence-corrected chi connectivity index (χ1v) is 7.65. The van der Waals surface area contributed by atoms with Crippen LogP contribution in [0.5, 0.6) is 5.75 Å². The number of benzene rings is 2. The van der Waals surface area contributed by atoms with Crippen molar-refractivity contribution in [3.8, 4) is 5.75 Å².